The van der Waals surface area contributed by atoms with E-state index in [-0.39, 0.29) is 5.56 Å². The average Bonchev–Trinajstić information content (AvgIpc) is 2.64. The number of rotatable bonds is 8. The molecule has 1 aromatic heterocycles. The number of anilines is 1. The first-order valence-corrected chi connectivity index (χ1v) is 8.85. The SMILES string of the molecule is CCCCCC(C=NN(C)c1cc(=O)n(C)c(=O)[nH]1)=Cc1ccccc1. The van der Waals surface area contributed by atoms with Crippen molar-refractivity contribution in [3.8, 4) is 0 Å². The zero-order chi connectivity index (χ0) is 18.9. The Kier molecular flexibility index (Phi) is 7.14. The van der Waals surface area contributed by atoms with Gasteiger partial charge in [-0.25, -0.2) is 4.79 Å². The van der Waals surface area contributed by atoms with Crippen LogP contribution in [0.1, 0.15) is 38.2 Å². The molecule has 0 amide bonds. The number of aromatic amines is 1. The summed E-state index contributed by atoms with van der Waals surface area (Å²) in [4.78, 5) is 26.2. The molecule has 26 heavy (non-hydrogen) atoms. The normalized spacial score (nSPS) is 11.9. The van der Waals surface area contributed by atoms with Gasteiger partial charge in [0.05, 0.1) is 6.21 Å². The molecule has 0 radical (unpaired) electrons. The highest BCUT2D eigenvalue weighted by Crippen LogP contribution is 2.13. The quantitative estimate of drug-likeness (QED) is 0.450. The lowest BCUT2D eigenvalue weighted by molar-refractivity contribution is 0.724. The predicted octanol–water partition coefficient (Wildman–Crippen LogP) is 3.16. The minimum atomic E-state index is -0.461. The van der Waals surface area contributed by atoms with E-state index in [1.54, 1.807) is 13.3 Å². The first-order valence-electron chi connectivity index (χ1n) is 8.85. The van der Waals surface area contributed by atoms with Gasteiger partial charge in [0, 0.05) is 20.2 Å². The van der Waals surface area contributed by atoms with Crippen LogP contribution in [0.4, 0.5) is 5.82 Å². The van der Waals surface area contributed by atoms with Gasteiger partial charge in [-0.15, -0.1) is 0 Å². The molecule has 1 aromatic carbocycles. The molecule has 1 N–H and O–H groups in total. The Bertz CT molecular complexity index is 847. The number of unbranched alkanes of at least 4 members (excludes halogenated alkanes) is 2. The Balaban J connectivity index is 2.22. The number of nitrogens with one attached hydrogen (secondary N) is 1. The Morgan fingerprint density at radius 2 is 1.96 bits per heavy atom. The average molecular weight is 354 g/mol. The molecular weight excluding hydrogens is 328 g/mol. The van der Waals surface area contributed by atoms with Crippen molar-refractivity contribution in [2.75, 3.05) is 12.1 Å². The van der Waals surface area contributed by atoms with Crippen molar-refractivity contribution in [1.29, 1.82) is 0 Å². The van der Waals surface area contributed by atoms with Gasteiger partial charge in [0.1, 0.15) is 5.82 Å². The van der Waals surface area contributed by atoms with Crippen LogP contribution in [-0.2, 0) is 7.05 Å². The highest BCUT2D eigenvalue weighted by Gasteiger charge is 2.04. The molecule has 6 nitrogen and oxygen atoms in total. The fraction of sp³-hybridized carbons (Fsp3) is 0.350. The summed E-state index contributed by atoms with van der Waals surface area (Å²) in [6.07, 6.45) is 8.24. The van der Waals surface area contributed by atoms with Gasteiger partial charge in [0.15, 0.2) is 0 Å². The largest absolute Gasteiger partial charge is 0.329 e. The molecular formula is C20H26N4O2. The van der Waals surface area contributed by atoms with Crippen LogP contribution in [0.25, 0.3) is 6.08 Å². The Morgan fingerprint density at radius 1 is 1.23 bits per heavy atom. The van der Waals surface area contributed by atoms with Gasteiger partial charge in [-0.3, -0.25) is 19.4 Å². The number of nitrogens with zero attached hydrogens (tertiary/aromatic N) is 3. The molecule has 0 saturated carbocycles. The molecule has 0 bridgehead atoms. The van der Waals surface area contributed by atoms with Crippen LogP contribution in [-0.4, -0.2) is 22.8 Å². The lowest BCUT2D eigenvalue weighted by Gasteiger charge is -2.13. The van der Waals surface area contributed by atoms with E-state index in [4.69, 9.17) is 0 Å². The number of H-pyrrole nitrogens is 1. The maximum atomic E-state index is 11.8. The number of hydrogen-bond acceptors (Lipinski definition) is 4. The summed E-state index contributed by atoms with van der Waals surface area (Å²) in [5.41, 5.74) is 1.39. The molecule has 0 atom stereocenters. The third-order valence-electron chi connectivity index (χ3n) is 4.10. The van der Waals surface area contributed by atoms with Crippen LogP contribution >= 0.6 is 0 Å². The zero-order valence-corrected chi connectivity index (χ0v) is 15.6. The summed E-state index contributed by atoms with van der Waals surface area (Å²) in [5, 5.41) is 5.90. The van der Waals surface area contributed by atoms with E-state index in [1.165, 1.54) is 18.1 Å². The van der Waals surface area contributed by atoms with E-state index in [9.17, 15) is 9.59 Å². The monoisotopic (exact) mass is 354 g/mol. The van der Waals surface area contributed by atoms with Gasteiger partial charge in [-0.2, -0.15) is 5.10 Å². The first-order chi connectivity index (χ1) is 12.5. The number of allylic oxidation sites excluding steroid dienone is 1. The van der Waals surface area contributed by atoms with E-state index in [1.807, 2.05) is 18.2 Å². The van der Waals surface area contributed by atoms with Crippen LogP contribution in [0.3, 0.4) is 0 Å². The lowest BCUT2D eigenvalue weighted by Crippen LogP contribution is -2.33. The third kappa shape index (κ3) is 5.58. The van der Waals surface area contributed by atoms with E-state index in [0.717, 1.165) is 41.4 Å². The molecule has 0 spiro atoms. The molecule has 6 heteroatoms. The van der Waals surface area contributed by atoms with Gasteiger partial charge in [0.25, 0.3) is 5.56 Å². The second-order valence-corrected chi connectivity index (χ2v) is 6.21. The molecule has 0 aliphatic heterocycles. The van der Waals surface area contributed by atoms with E-state index in [2.05, 4.69) is 35.2 Å². The number of benzene rings is 1. The van der Waals surface area contributed by atoms with E-state index in [0.29, 0.717) is 5.82 Å². The Hall–Kier alpha value is -2.89. The molecule has 0 fully saturated rings. The molecule has 0 aliphatic rings. The van der Waals surface area contributed by atoms with Gasteiger partial charge in [-0.05, 0) is 24.0 Å². The van der Waals surface area contributed by atoms with Gasteiger partial charge in [-0.1, -0.05) is 56.2 Å². The summed E-state index contributed by atoms with van der Waals surface area (Å²) in [5.74, 6) is 0.363. The molecule has 0 saturated heterocycles. The number of hydrazone groups is 1. The molecule has 2 aromatic rings. The minimum absolute atomic E-state index is 0.363. The summed E-state index contributed by atoms with van der Waals surface area (Å²) in [6, 6.07) is 11.5. The minimum Gasteiger partial charge on any atom is -0.292 e. The van der Waals surface area contributed by atoms with Crippen LogP contribution in [0.2, 0.25) is 0 Å². The Morgan fingerprint density at radius 3 is 2.62 bits per heavy atom. The van der Waals surface area contributed by atoms with Gasteiger partial charge in [0.2, 0.25) is 0 Å². The van der Waals surface area contributed by atoms with Crippen LogP contribution < -0.4 is 16.3 Å². The topological polar surface area (TPSA) is 70.5 Å². The van der Waals surface area contributed by atoms with Crippen molar-refractivity contribution in [2.24, 2.45) is 12.1 Å². The van der Waals surface area contributed by atoms with Gasteiger partial charge < -0.3 is 0 Å². The van der Waals surface area contributed by atoms with Crippen molar-refractivity contribution in [3.63, 3.8) is 0 Å². The Labute approximate surface area is 153 Å². The van der Waals surface area contributed by atoms with Gasteiger partial charge >= 0.3 is 5.69 Å². The summed E-state index contributed by atoms with van der Waals surface area (Å²) < 4.78 is 1.02. The fourth-order valence-electron chi connectivity index (χ4n) is 2.46. The predicted molar refractivity (Wildman–Crippen MR) is 108 cm³/mol. The highest BCUT2D eigenvalue weighted by molar-refractivity contribution is 5.86. The maximum absolute atomic E-state index is 11.8. The van der Waals surface area contributed by atoms with Crippen molar-refractivity contribution in [3.05, 3.63) is 68.4 Å². The standard InChI is InChI=1S/C20H26N4O2/c1-4-5-7-12-17(13-16-10-8-6-9-11-16)15-21-24(3)18-14-19(25)23(2)20(26)22-18/h6,8-11,13-15H,4-5,7,12H2,1-3H3,(H,22,26). The molecule has 2 rings (SSSR count). The molecule has 0 aliphatic carbocycles. The molecule has 1 heterocycles. The van der Waals surface area contributed by atoms with Crippen LogP contribution in [0, 0.1) is 0 Å². The molecule has 0 unspecified atom stereocenters. The second kappa shape index (κ2) is 9.56. The van der Waals surface area contributed by atoms with Crippen LogP contribution in [0.5, 0.6) is 0 Å². The third-order valence-corrected chi connectivity index (χ3v) is 4.10. The summed E-state index contributed by atoms with van der Waals surface area (Å²) in [7, 11) is 3.13. The van der Waals surface area contributed by atoms with Crippen molar-refractivity contribution in [2.45, 2.75) is 32.6 Å². The van der Waals surface area contributed by atoms with Crippen molar-refractivity contribution >= 4 is 18.1 Å². The van der Waals surface area contributed by atoms with Crippen molar-refractivity contribution < 1.29 is 0 Å². The summed E-state index contributed by atoms with van der Waals surface area (Å²) >= 11 is 0. The van der Waals surface area contributed by atoms with Crippen molar-refractivity contribution in [1.82, 2.24) is 9.55 Å². The van der Waals surface area contributed by atoms with Crippen LogP contribution in [0.15, 0.2) is 56.7 Å². The lowest BCUT2D eigenvalue weighted by atomic mass is 10.1. The number of aromatic nitrogens is 2. The zero-order valence-electron chi connectivity index (χ0n) is 15.6. The van der Waals surface area contributed by atoms with E-state index < -0.39 is 5.69 Å². The smallest absolute Gasteiger partial charge is 0.292 e. The maximum Gasteiger partial charge on any atom is 0.329 e. The molecule has 138 valence electrons. The first kappa shape index (κ1) is 19.4. The number of hydrogen-bond donors (Lipinski definition) is 1. The summed E-state index contributed by atoms with van der Waals surface area (Å²) in [6.45, 7) is 2.18. The highest BCUT2D eigenvalue weighted by atomic mass is 16.2. The van der Waals surface area contributed by atoms with E-state index >= 15 is 0 Å². The fourth-order valence-corrected chi connectivity index (χ4v) is 2.46. The second-order valence-electron chi connectivity index (χ2n) is 6.21.